The van der Waals surface area contributed by atoms with Crippen molar-refractivity contribution in [3.8, 4) is 22.6 Å². The topological polar surface area (TPSA) is 40.5 Å². The molecule has 0 atom stereocenters. The maximum Gasteiger partial charge on any atom is 0.142 e. The summed E-state index contributed by atoms with van der Waals surface area (Å²) in [5.74, 6) is 0.636. The van der Waals surface area contributed by atoms with Crippen LogP contribution in [-0.2, 0) is 0 Å². The summed E-state index contributed by atoms with van der Waals surface area (Å²) in [7, 11) is 0. The normalized spacial score (nSPS) is 11.4. The van der Waals surface area contributed by atoms with Crippen molar-refractivity contribution in [1.82, 2.24) is 0 Å². The number of hydrogen-bond donors (Lipinski definition) is 2. The van der Waals surface area contributed by atoms with E-state index in [1.165, 1.54) is 0 Å². The van der Waals surface area contributed by atoms with Gasteiger partial charge in [0.15, 0.2) is 0 Å². The molecule has 0 fully saturated rings. The molecule has 0 saturated carbocycles. The Kier molecular flexibility index (Phi) is 5.47. The predicted molar refractivity (Wildman–Crippen MR) is 141 cm³/mol. The van der Waals surface area contributed by atoms with Crippen LogP contribution in [0.4, 0.5) is 0 Å². The third kappa shape index (κ3) is 3.08. The average Bonchev–Trinajstić information content (AvgIpc) is 2.63. The molecular formula is C20H10I4O2. The van der Waals surface area contributed by atoms with E-state index >= 15 is 0 Å². The maximum atomic E-state index is 10.5. The van der Waals surface area contributed by atoms with Crippen LogP contribution in [0.1, 0.15) is 0 Å². The Labute approximate surface area is 204 Å². The second-order valence-corrected chi connectivity index (χ2v) is 10.3. The van der Waals surface area contributed by atoms with Crippen LogP contribution in [0.2, 0.25) is 0 Å². The second-order valence-electron chi connectivity index (χ2n) is 5.85. The molecule has 130 valence electrons. The first-order chi connectivity index (χ1) is 12.4. The van der Waals surface area contributed by atoms with E-state index in [1.54, 1.807) is 0 Å². The summed E-state index contributed by atoms with van der Waals surface area (Å²) in [6.07, 6.45) is 0. The molecule has 0 heterocycles. The van der Waals surface area contributed by atoms with Crippen molar-refractivity contribution in [3.63, 3.8) is 0 Å². The molecule has 2 nitrogen and oxygen atoms in total. The molecule has 4 aromatic rings. The number of benzene rings is 4. The molecule has 0 aliphatic heterocycles. The molecule has 0 amide bonds. The van der Waals surface area contributed by atoms with E-state index in [0.717, 1.165) is 47.0 Å². The minimum Gasteiger partial charge on any atom is -0.506 e. The zero-order valence-electron chi connectivity index (χ0n) is 13.0. The lowest BCUT2D eigenvalue weighted by atomic mass is 9.94. The Hall–Kier alpha value is -0.0800. The third-order valence-electron chi connectivity index (χ3n) is 4.36. The van der Waals surface area contributed by atoms with Crippen molar-refractivity contribution in [2.24, 2.45) is 0 Å². The Morgan fingerprint density at radius 1 is 0.577 bits per heavy atom. The standard InChI is InChI=1S/C20H10I4O2/c21-13-7-9-3-1-5-11(15(9)17(23)19(13)25)12-6-2-4-10-8-14(22)20(26)18(24)16(10)12/h1-8,25-26H. The molecule has 0 bridgehead atoms. The number of fused-ring (bicyclic) bond motifs is 2. The number of phenols is 2. The van der Waals surface area contributed by atoms with Gasteiger partial charge in [-0.3, -0.25) is 0 Å². The van der Waals surface area contributed by atoms with Gasteiger partial charge in [0, 0.05) is 10.8 Å². The average molecular weight is 790 g/mol. The highest BCUT2D eigenvalue weighted by atomic mass is 127. The summed E-state index contributed by atoms with van der Waals surface area (Å²) in [5.41, 5.74) is 2.12. The SMILES string of the molecule is Oc1c(I)cc2cccc(-c3cccc4cc(I)c(O)c(I)c34)c2c1I. The van der Waals surface area contributed by atoms with Gasteiger partial charge < -0.3 is 10.2 Å². The van der Waals surface area contributed by atoms with Crippen molar-refractivity contribution in [3.05, 3.63) is 62.8 Å². The van der Waals surface area contributed by atoms with Crippen molar-refractivity contribution >= 4 is 112 Å². The molecule has 0 unspecified atom stereocenters. The van der Waals surface area contributed by atoms with E-state index in [2.05, 4.69) is 115 Å². The van der Waals surface area contributed by atoms with Crippen LogP contribution < -0.4 is 0 Å². The second kappa shape index (κ2) is 7.39. The largest absolute Gasteiger partial charge is 0.506 e. The quantitative estimate of drug-likeness (QED) is 0.197. The maximum absolute atomic E-state index is 10.5. The minimum absolute atomic E-state index is 0.318. The van der Waals surface area contributed by atoms with Crippen LogP contribution in [0, 0.1) is 14.3 Å². The molecule has 0 spiro atoms. The predicted octanol–water partition coefficient (Wildman–Crippen LogP) is 7.49. The lowest BCUT2D eigenvalue weighted by Gasteiger charge is -2.15. The number of halogens is 4. The Morgan fingerprint density at radius 3 is 1.35 bits per heavy atom. The van der Waals surface area contributed by atoms with Crippen LogP contribution >= 0.6 is 90.4 Å². The summed E-state index contributed by atoms with van der Waals surface area (Å²) in [4.78, 5) is 0. The smallest absolute Gasteiger partial charge is 0.142 e. The van der Waals surface area contributed by atoms with Crippen LogP contribution in [0.5, 0.6) is 11.5 Å². The van der Waals surface area contributed by atoms with E-state index in [-0.39, 0.29) is 0 Å². The van der Waals surface area contributed by atoms with Gasteiger partial charge in [-0.15, -0.1) is 0 Å². The van der Waals surface area contributed by atoms with E-state index in [4.69, 9.17) is 0 Å². The van der Waals surface area contributed by atoms with Crippen LogP contribution in [0.15, 0.2) is 48.5 Å². The molecular weight excluding hydrogens is 780 g/mol. The molecule has 6 heteroatoms. The molecule has 0 saturated heterocycles. The summed E-state index contributed by atoms with van der Waals surface area (Å²) < 4.78 is 3.39. The molecule has 0 aliphatic carbocycles. The summed E-state index contributed by atoms with van der Waals surface area (Å²) in [6.45, 7) is 0. The van der Waals surface area contributed by atoms with E-state index in [0.29, 0.717) is 11.5 Å². The highest BCUT2D eigenvalue weighted by molar-refractivity contribution is 14.1. The van der Waals surface area contributed by atoms with Crippen molar-refractivity contribution in [2.75, 3.05) is 0 Å². The highest BCUT2D eigenvalue weighted by Gasteiger charge is 2.17. The molecule has 0 radical (unpaired) electrons. The van der Waals surface area contributed by atoms with Gasteiger partial charge >= 0.3 is 0 Å². The number of hydrogen-bond acceptors (Lipinski definition) is 2. The van der Waals surface area contributed by atoms with E-state index in [9.17, 15) is 10.2 Å². The molecule has 2 N–H and O–H groups in total. The minimum atomic E-state index is 0.318. The van der Waals surface area contributed by atoms with Crippen LogP contribution in [0.25, 0.3) is 32.7 Å². The van der Waals surface area contributed by atoms with Crippen molar-refractivity contribution in [2.45, 2.75) is 0 Å². The van der Waals surface area contributed by atoms with Crippen LogP contribution in [-0.4, -0.2) is 10.2 Å². The van der Waals surface area contributed by atoms with Gasteiger partial charge in [0.25, 0.3) is 0 Å². The molecule has 4 rings (SSSR count). The first-order valence-corrected chi connectivity index (χ1v) is 11.9. The molecule has 0 aromatic heterocycles. The van der Waals surface area contributed by atoms with Crippen molar-refractivity contribution < 1.29 is 10.2 Å². The van der Waals surface area contributed by atoms with Crippen molar-refractivity contribution in [1.29, 1.82) is 0 Å². The van der Waals surface area contributed by atoms with E-state index in [1.807, 2.05) is 24.3 Å². The summed E-state index contributed by atoms with van der Waals surface area (Å²) >= 11 is 8.76. The fraction of sp³-hybridized carbons (Fsp3) is 0. The van der Waals surface area contributed by atoms with Gasteiger partial charge in [-0.2, -0.15) is 0 Å². The molecule has 0 aliphatic rings. The third-order valence-corrected chi connectivity index (χ3v) is 8.10. The van der Waals surface area contributed by atoms with Crippen LogP contribution in [0.3, 0.4) is 0 Å². The van der Waals surface area contributed by atoms with Gasteiger partial charge in [0.1, 0.15) is 11.5 Å². The first kappa shape index (κ1) is 19.2. The highest BCUT2D eigenvalue weighted by Crippen LogP contribution is 2.43. The Bertz CT molecular complexity index is 1110. The fourth-order valence-corrected chi connectivity index (χ4v) is 7.20. The fourth-order valence-electron chi connectivity index (χ4n) is 3.18. The van der Waals surface area contributed by atoms with Gasteiger partial charge in [0.2, 0.25) is 0 Å². The zero-order chi connectivity index (χ0) is 18.6. The summed E-state index contributed by atoms with van der Waals surface area (Å²) in [6, 6.07) is 16.4. The monoisotopic (exact) mass is 790 g/mol. The Morgan fingerprint density at radius 2 is 0.962 bits per heavy atom. The lowest BCUT2D eigenvalue weighted by Crippen LogP contribution is -1.91. The Balaban J connectivity index is 2.19. The molecule has 26 heavy (non-hydrogen) atoms. The van der Waals surface area contributed by atoms with E-state index < -0.39 is 0 Å². The number of aromatic hydroxyl groups is 2. The van der Waals surface area contributed by atoms with Gasteiger partial charge in [0.05, 0.1) is 14.3 Å². The number of rotatable bonds is 1. The molecule has 4 aromatic carbocycles. The first-order valence-electron chi connectivity index (χ1n) is 7.60. The van der Waals surface area contributed by atoms with Gasteiger partial charge in [-0.05, 0) is 124 Å². The van der Waals surface area contributed by atoms with Gasteiger partial charge in [-0.25, -0.2) is 0 Å². The zero-order valence-corrected chi connectivity index (χ0v) is 21.7. The lowest BCUT2D eigenvalue weighted by molar-refractivity contribution is 0.468. The summed E-state index contributed by atoms with van der Waals surface area (Å²) in [5, 5.41) is 25.2. The van der Waals surface area contributed by atoms with Gasteiger partial charge in [-0.1, -0.05) is 36.4 Å². The number of phenolic OH excluding ortho intramolecular Hbond substituents is 2.